The molecule has 0 fully saturated rings. The fourth-order valence-corrected chi connectivity index (χ4v) is 3.92. The molecule has 2 N–H and O–H groups in total. The Bertz CT molecular complexity index is 886. The molecule has 2 heterocycles. The molecule has 0 aliphatic carbocycles. The average Bonchev–Trinajstić information content (AvgIpc) is 2.93. The van der Waals surface area contributed by atoms with Gasteiger partial charge in [0.25, 0.3) is 5.56 Å². The number of nitrogens with one attached hydrogen (secondary N) is 2. The quantitative estimate of drug-likeness (QED) is 0.696. The van der Waals surface area contributed by atoms with Crippen molar-refractivity contribution in [3.63, 3.8) is 0 Å². The fraction of sp³-hybridized carbons (Fsp3) is 0.188. The molecule has 23 heavy (non-hydrogen) atoms. The molecule has 0 saturated carbocycles. The molecule has 4 nitrogen and oxygen atoms in total. The smallest absolute Gasteiger partial charge is 0.259 e. The first-order valence-electron chi connectivity index (χ1n) is 7.06. The Morgan fingerprint density at radius 1 is 1.39 bits per heavy atom. The first kappa shape index (κ1) is 16.2. The molecule has 0 aliphatic rings. The van der Waals surface area contributed by atoms with Crippen LogP contribution in [0.15, 0.2) is 41.2 Å². The summed E-state index contributed by atoms with van der Waals surface area (Å²) in [5, 5.41) is 3.78. The molecule has 7 heteroatoms. The van der Waals surface area contributed by atoms with E-state index in [1.165, 1.54) is 16.9 Å². The van der Waals surface area contributed by atoms with E-state index in [4.69, 9.17) is 12.2 Å². The van der Waals surface area contributed by atoms with Crippen molar-refractivity contribution < 1.29 is 0 Å². The predicted octanol–water partition coefficient (Wildman–Crippen LogP) is 3.60. The summed E-state index contributed by atoms with van der Waals surface area (Å²) < 4.78 is 0.693. The summed E-state index contributed by atoms with van der Waals surface area (Å²) in [6.07, 6.45) is 0. The number of benzene rings is 1. The molecule has 0 spiro atoms. The topological polar surface area (TPSA) is 57.8 Å². The van der Waals surface area contributed by atoms with Crippen LogP contribution in [0, 0.1) is 6.92 Å². The second kappa shape index (κ2) is 7.25. The summed E-state index contributed by atoms with van der Waals surface area (Å²) in [6, 6.07) is 12.0. The Kier molecular flexibility index (Phi) is 5.09. The van der Waals surface area contributed by atoms with Crippen LogP contribution in [0.5, 0.6) is 0 Å². The van der Waals surface area contributed by atoms with Gasteiger partial charge in [-0.05, 0) is 18.6 Å². The molecule has 0 radical (unpaired) electrons. The van der Waals surface area contributed by atoms with Crippen LogP contribution in [-0.2, 0) is 12.3 Å². The van der Waals surface area contributed by atoms with Crippen molar-refractivity contribution in [3.8, 4) is 0 Å². The summed E-state index contributed by atoms with van der Waals surface area (Å²) in [6.45, 7) is 2.39. The van der Waals surface area contributed by atoms with E-state index in [2.05, 4.69) is 27.4 Å². The lowest BCUT2D eigenvalue weighted by Gasteiger charge is -2.07. The van der Waals surface area contributed by atoms with Gasteiger partial charge in [-0.15, -0.1) is 11.3 Å². The molecule has 0 aliphatic heterocycles. The SMILES string of the molecule is Cc1cc2c(=O)[nH]c(CNC(=S)SCc3ccccc3)nc2s1. The van der Waals surface area contributed by atoms with E-state index in [1.807, 2.05) is 31.2 Å². The van der Waals surface area contributed by atoms with Gasteiger partial charge in [0.15, 0.2) is 0 Å². The summed E-state index contributed by atoms with van der Waals surface area (Å²) in [5.41, 5.74) is 1.13. The van der Waals surface area contributed by atoms with Gasteiger partial charge in [-0.3, -0.25) is 4.79 Å². The number of hydrogen-bond donors (Lipinski definition) is 2. The minimum absolute atomic E-state index is 0.0981. The molecule has 0 saturated heterocycles. The van der Waals surface area contributed by atoms with Crippen LogP contribution in [-0.4, -0.2) is 14.3 Å². The van der Waals surface area contributed by atoms with Crippen LogP contribution < -0.4 is 10.9 Å². The van der Waals surface area contributed by atoms with Crippen molar-refractivity contribution in [3.05, 3.63) is 63.0 Å². The largest absolute Gasteiger partial charge is 0.364 e. The molecule has 0 amide bonds. The highest BCUT2D eigenvalue weighted by molar-refractivity contribution is 8.22. The lowest BCUT2D eigenvalue weighted by Crippen LogP contribution is -2.22. The predicted molar refractivity (Wildman–Crippen MR) is 102 cm³/mol. The number of thiocarbonyl (C=S) groups is 1. The van der Waals surface area contributed by atoms with Crippen LogP contribution in [0.2, 0.25) is 0 Å². The van der Waals surface area contributed by atoms with E-state index < -0.39 is 0 Å². The zero-order valence-corrected chi connectivity index (χ0v) is 14.9. The van der Waals surface area contributed by atoms with Gasteiger partial charge in [0.05, 0.1) is 11.9 Å². The van der Waals surface area contributed by atoms with Crippen molar-refractivity contribution in [2.75, 3.05) is 0 Å². The van der Waals surface area contributed by atoms with Crippen molar-refractivity contribution in [1.82, 2.24) is 15.3 Å². The number of aromatic amines is 1. The van der Waals surface area contributed by atoms with Crippen molar-refractivity contribution in [2.24, 2.45) is 0 Å². The number of aryl methyl sites for hydroxylation is 1. The summed E-state index contributed by atoms with van der Waals surface area (Å²) in [7, 11) is 0. The third-order valence-corrected chi connectivity index (χ3v) is 5.51. The number of aromatic nitrogens is 2. The normalized spacial score (nSPS) is 10.8. The van der Waals surface area contributed by atoms with Crippen LogP contribution in [0.25, 0.3) is 10.2 Å². The van der Waals surface area contributed by atoms with Crippen LogP contribution >= 0.6 is 35.3 Å². The monoisotopic (exact) mass is 361 g/mol. The van der Waals surface area contributed by atoms with Crippen molar-refractivity contribution >= 4 is 49.9 Å². The van der Waals surface area contributed by atoms with Gasteiger partial charge in [-0.2, -0.15) is 0 Å². The number of thiophene rings is 1. The molecule has 0 atom stereocenters. The second-order valence-corrected chi connectivity index (χ2v) is 7.89. The van der Waals surface area contributed by atoms with Gasteiger partial charge >= 0.3 is 0 Å². The van der Waals surface area contributed by atoms with Gasteiger partial charge < -0.3 is 10.3 Å². The van der Waals surface area contributed by atoms with Gasteiger partial charge in [-0.25, -0.2) is 4.98 Å². The lowest BCUT2D eigenvalue weighted by molar-refractivity contribution is 0.843. The molecular formula is C16H15N3OS3. The van der Waals surface area contributed by atoms with E-state index in [0.29, 0.717) is 22.1 Å². The lowest BCUT2D eigenvalue weighted by atomic mass is 10.2. The number of fused-ring (bicyclic) bond motifs is 1. The highest BCUT2D eigenvalue weighted by Gasteiger charge is 2.07. The second-order valence-electron chi connectivity index (χ2n) is 5.00. The Balaban J connectivity index is 1.59. The first-order chi connectivity index (χ1) is 11.1. The molecule has 3 rings (SSSR count). The zero-order valence-electron chi connectivity index (χ0n) is 12.5. The van der Waals surface area contributed by atoms with E-state index in [9.17, 15) is 4.79 Å². The molecule has 1 aromatic carbocycles. The zero-order chi connectivity index (χ0) is 16.2. The van der Waals surface area contributed by atoms with E-state index in [1.54, 1.807) is 11.8 Å². The Hall–Kier alpha value is -1.70. The van der Waals surface area contributed by atoms with Gasteiger partial charge in [0.2, 0.25) is 0 Å². The first-order valence-corrected chi connectivity index (χ1v) is 9.27. The Morgan fingerprint density at radius 2 is 2.17 bits per heavy atom. The maximum absolute atomic E-state index is 12.0. The van der Waals surface area contributed by atoms with Gasteiger partial charge in [0.1, 0.15) is 15.0 Å². The van der Waals surface area contributed by atoms with Gasteiger partial charge in [0, 0.05) is 10.6 Å². The minimum Gasteiger partial charge on any atom is -0.364 e. The van der Waals surface area contributed by atoms with E-state index in [0.717, 1.165) is 15.5 Å². The number of thioether (sulfide) groups is 1. The van der Waals surface area contributed by atoms with E-state index in [-0.39, 0.29) is 5.56 Å². The van der Waals surface area contributed by atoms with Crippen LogP contribution in [0.3, 0.4) is 0 Å². The highest BCUT2D eigenvalue weighted by atomic mass is 32.2. The Labute approximate surface area is 147 Å². The molecule has 0 bridgehead atoms. The molecule has 3 aromatic rings. The molecular weight excluding hydrogens is 346 g/mol. The van der Waals surface area contributed by atoms with Crippen LogP contribution in [0.4, 0.5) is 0 Å². The van der Waals surface area contributed by atoms with Gasteiger partial charge in [-0.1, -0.05) is 54.3 Å². The number of H-pyrrole nitrogens is 1. The summed E-state index contributed by atoms with van der Waals surface area (Å²) in [5.74, 6) is 1.42. The van der Waals surface area contributed by atoms with Crippen LogP contribution in [0.1, 0.15) is 16.3 Å². The molecule has 2 aromatic heterocycles. The third-order valence-electron chi connectivity index (χ3n) is 3.19. The number of rotatable bonds is 4. The van der Waals surface area contributed by atoms with Crippen molar-refractivity contribution in [1.29, 1.82) is 0 Å². The van der Waals surface area contributed by atoms with E-state index >= 15 is 0 Å². The maximum Gasteiger partial charge on any atom is 0.259 e. The third kappa shape index (κ3) is 4.19. The molecule has 118 valence electrons. The molecule has 0 unspecified atom stereocenters. The number of nitrogens with zero attached hydrogens (tertiary/aromatic N) is 1. The number of hydrogen-bond acceptors (Lipinski definition) is 5. The fourth-order valence-electron chi connectivity index (χ4n) is 2.11. The summed E-state index contributed by atoms with van der Waals surface area (Å²) in [4.78, 5) is 21.1. The Morgan fingerprint density at radius 3 is 2.96 bits per heavy atom. The minimum atomic E-state index is -0.0981. The maximum atomic E-state index is 12.0. The summed E-state index contributed by atoms with van der Waals surface area (Å²) >= 11 is 8.41. The standard InChI is InChI=1S/C16H15N3OS3/c1-10-7-12-14(20)18-13(19-15(12)23-10)8-17-16(21)22-9-11-5-3-2-4-6-11/h2-7H,8-9H2,1H3,(H,17,21)(H,18,19,20). The highest BCUT2D eigenvalue weighted by Crippen LogP contribution is 2.19. The van der Waals surface area contributed by atoms with Crippen molar-refractivity contribution in [2.45, 2.75) is 19.2 Å². The average molecular weight is 362 g/mol.